The van der Waals surface area contributed by atoms with Gasteiger partial charge in [0.25, 0.3) is 0 Å². The van der Waals surface area contributed by atoms with Gasteiger partial charge in [0.15, 0.2) is 7.85 Å². The fraction of sp³-hybridized carbons (Fsp3) is 0.333. The number of hydrogen-bond acceptors (Lipinski definition) is 2. The molecule has 90 valence electrons. The van der Waals surface area contributed by atoms with Crippen LogP contribution in [-0.2, 0) is 0 Å². The highest BCUT2D eigenvalue weighted by atomic mass is 19.1. The summed E-state index contributed by atoms with van der Waals surface area (Å²) in [4.78, 5) is 0. The molecule has 0 atom stereocenters. The van der Waals surface area contributed by atoms with Crippen LogP contribution in [0.4, 0.5) is 8.78 Å². The molecular weight excluding hydrogens is 230 g/mol. The van der Waals surface area contributed by atoms with Crippen LogP contribution < -0.4 is 10.1 Å². The largest absolute Gasteiger partial charge is 0.496 e. The van der Waals surface area contributed by atoms with Gasteiger partial charge >= 0.3 is 0 Å². The van der Waals surface area contributed by atoms with E-state index in [-0.39, 0.29) is 16.4 Å². The van der Waals surface area contributed by atoms with Gasteiger partial charge in [-0.05, 0) is 10.7 Å². The van der Waals surface area contributed by atoms with Crippen molar-refractivity contribution in [3.63, 3.8) is 0 Å². The maximum absolute atomic E-state index is 13.2. The number of rotatable bonds is 2. The van der Waals surface area contributed by atoms with Crippen molar-refractivity contribution in [3.05, 3.63) is 29.8 Å². The number of halogens is 2. The van der Waals surface area contributed by atoms with Gasteiger partial charge in [-0.1, -0.05) is 0 Å². The van der Waals surface area contributed by atoms with Gasteiger partial charge in [0.2, 0.25) is 0 Å². The minimum Gasteiger partial charge on any atom is -0.496 e. The molecule has 2 rings (SSSR count). The average molecular weight is 244 g/mol. The van der Waals surface area contributed by atoms with Gasteiger partial charge < -0.3 is 10.1 Å². The van der Waals surface area contributed by atoms with E-state index in [9.17, 15) is 8.78 Å². The van der Waals surface area contributed by atoms with Crippen LogP contribution in [0.1, 0.15) is 0 Å². The highest BCUT2D eigenvalue weighted by molar-refractivity contribution is 6.56. The zero-order valence-corrected chi connectivity index (χ0v) is 11.4. The van der Waals surface area contributed by atoms with Crippen molar-refractivity contribution in [3.8, 4) is 5.75 Å². The number of hydrogen-bond donors (Lipinski definition) is 1. The first-order valence-corrected chi connectivity index (χ1v) is 6.02. The Labute approximate surface area is 110 Å². The summed E-state index contributed by atoms with van der Waals surface area (Å²) in [5.41, 5.74) is -0.541. The van der Waals surface area contributed by atoms with Crippen molar-refractivity contribution in [2.45, 2.75) is 16.2 Å². The van der Waals surface area contributed by atoms with Crippen molar-refractivity contribution in [2.75, 3.05) is 0 Å². The van der Waals surface area contributed by atoms with Gasteiger partial charge in [-0.2, -0.15) is 0 Å². The summed E-state index contributed by atoms with van der Waals surface area (Å²) < 4.78 is 32.2. The Kier molecular flexibility index (Phi) is 2.89. The topological polar surface area (TPSA) is 21.3 Å². The first-order chi connectivity index (χ1) is 8.07. The van der Waals surface area contributed by atoms with Crippen molar-refractivity contribution in [2.24, 2.45) is 0 Å². The summed E-state index contributed by atoms with van der Waals surface area (Å²) in [6.07, 6.45) is 0. The van der Waals surface area contributed by atoms with Crippen LogP contribution in [0.5, 0.6) is 5.75 Å². The molecule has 1 N–H and O–H groups in total. The lowest BCUT2D eigenvalue weighted by Gasteiger charge is -2.67. The summed E-state index contributed by atoms with van der Waals surface area (Å²) in [5.74, 6) is -1.04. The molecular formula is C9H14B5F2NO. The summed E-state index contributed by atoms with van der Waals surface area (Å²) in [5, 5.41) is 2.86. The number of ether oxygens (including phenoxy) is 1. The lowest BCUT2D eigenvalue weighted by Crippen LogP contribution is -2.94. The molecule has 1 heterocycles. The fourth-order valence-electron chi connectivity index (χ4n) is 2.82. The van der Waals surface area contributed by atoms with E-state index in [2.05, 4.69) is 5.32 Å². The molecule has 0 aromatic heterocycles. The fourth-order valence-corrected chi connectivity index (χ4v) is 2.82. The van der Waals surface area contributed by atoms with Gasteiger partial charge in [0, 0.05) is 18.2 Å². The highest BCUT2D eigenvalue weighted by Gasteiger charge is 2.62. The Hall–Kier alpha value is -0.835. The monoisotopic (exact) mass is 245 g/mol. The smallest absolute Gasteiger partial charge is 0.159 e. The molecule has 1 aliphatic heterocycles. The van der Waals surface area contributed by atoms with Crippen LogP contribution in [-0.4, -0.2) is 55.4 Å². The number of benzene rings is 1. The van der Waals surface area contributed by atoms with Crippen molar-refractivity contribution >= 4 is 39.2 Å². The maximum atomic E-state index is 13.2. The Morgan fingerprint density at radius 3 is 1.72 bits per heavy atom. The van der Waals surface area contributed by atoms with Crippen molar-refractivity contribution in [1.29, 1.82) is 0 Å². The van der Waals surface area contributed by atoms with Crippen LogP contribution in [0.2, 0.25) is 0 Å². The maximum Gasteiger partial charge on any atom is 0.159 e. The molecule has 2 nitrogen and oxygen atoms in total. The molecule has 0 spiro atoms. The van der Waals surface area contributed by atoms with Crippen LogP contribution in [0.3, 0.4) is 0 Å². The average Bonchev–Trinajstić information content (AvgIpc) is 2.13. The van der Waals surface area contributed by atoms with Gasteiger partial charge in [-0.3, -0.25) is 0 Å². The van der Waals surface area contributed by atoms with Crippen LogP contribution >= 0.6 is 0 Å². The minimum atomic E-state index is -0.628. The Balaban J connectivity index is 2.33. The molecule has 0 radical (unpaired) electrons. The molecule has 1 aromatic rings. The molecule has 18 heavy (non-hydrogen) atoms. The van der Waals surface area contributed by atoms with Crippen LogP contribution in [0, 0.1) is 11.6 Å². The second kappa shape index (κ2) is 3.83. The molecule has 0 unspecified atom stereocenters. The quantitative estimate of drug-likeness (QED) is 0.537. The molecule has 1 saturated heterocycles. The summed E-state index contributed by atoms with van der Waals surface area (Å²) in [7, 11) is 9.98. The molecule has 0 saturated carbocycles. The zero-order chi connectivity index (χ0) is 13.8. The lowest BCUT2D eigenvalue weighted by atomic mass is 9.27. The van der Waals surface area contributed by atoms with Crippen molar-refractivity contribution in [1.82, 2.24) is 5.32 Å². The SMILES string of the molecule is BC1(B)NC(B)(B)C1(B)Oc1cc(F)cc(F)c1. The van der Waals surface area contributed by atoms with E-state index in [1.165, 1.54) is 12.1 Å². The van der Waals surface area contributed by atoms with Gasteiger partial charge in [0.05, 0.1) is 5.50 Å². The first kappa shape index (κ1) is 13.6. The van der Waals surface area contributed by atoms with E-state index in [4.69, 9.17) is 4.74 Å². The Bertz CT molecular complexity index is 462. The third kappa shape index (κ3) is 1.89. The van der Waals surface area contributed by atoms with E-state index in [0.29, 0.717) is 0 Å². The molecule has 1 aromatic carbocycles. The summed E-state index contributed by atoms with van der Waals surface area (Å²) in [6, 6.07) is 3.25. The molecule has 0 amide bonds. The lowest BCUT2D eigenvalue weighted by molar-refractivity contribution is 0.0181. The standard InChI is InChI=1S/C9H14B5F2NO/c10-7(8(11,12)17-9(7,13)14)18-6-2-4(15)1-5(16)3-6/h1-3,17H,10-14H2. The predicted molar refractivity (Wildman–Crippen MR) is 81.0 cm³/mol. The van der Waals surface area contributed by atoms with Crippen LogP contribution in [0.25, 0.3) is 0 Å². The number of nitrogens with one attached hydrogen (secondary N) is 1. The molecule has 0 bridgehead atoms. The van der Waals surface area contributed by atoms with E-state index >= 15 is 0 Å². The highest BCUT2D eigenvalue weighted by Crippen LogP contribution is 2.38. The Morgan fingerprint density at radius 2 is 1.33 bits per heavy atom. The third-order valence-electron chi connectivity index (χ3n) is 4.17. The van der Waals surface area contributed by atoms with Gasteiger partial charge in [0.1, 0.15) is 48.8 Å². The molecule has 9 heteroatoms. The molecule has 1 fully saturated rings. The van der Waals surface area contributed by atoms with E-state index in [1.807, 2.05) is 39.2 Å². The molecule has 1 aliphatic rings. The normalized spacial score (nSPS) is 23.0. The van der Waals surface area contributed by atoms with E-state index in [0.717, 1.165) is 6.07 Å². The second-order valence-electron chi connectivity index (χ2n) is 6.12. The zero-order valence-electron chi connectivity index (χ0n) is 11.4. The van der Waals surface area contributed by atoms with Crippen LogP contribution in [0.15, 0.2) is 18.2 Å². The summed E-state index contributed by atoms with van der Waals surface area (Å²) >= 11 is 0. The minimum absolute atomic E-state index is 0.220. The van der Waals surface area contributed by atoms with Gasteiger partial charge in [-0.15, -0.1) is 0 Å². The Morgan fingerprint density at radius 1 is 0.889 bits per heavy atom. The third-order valence-corrected chi connectivity index (χ3v) is 4.17. The first-order valence-electron chi connectivity index (χ1n) is 6.02. The van der Waals surface area contributed by atoms with E-state index in [1.54, 1.807) is 0 Å². The van der Waals surface area contributed by atoms with Crippen molar-refractivity contribution < 1.29 is 13.5 Å². The molecule has 0 aliphatic carbocycles. The van der Waals surface area contributed by atoms with E-state index < -0.39 is 17.1 Å². The predicted octanol–water partition coefficient (Wildman–Crippen LogP) is -3.88. The van der Waals surface area contributed by atoms with Gasteiger partial charge in [-0.25, -0.2) is 8.78 Å². The second-order valence-corrected chi connectivity index (χ2v) is 6.12. The summed E-state index contributed by atoms with van der Waals surface area (Å²) in [6.45, 7) is 0.